The fourth-order valence-electron chi connectivity index (χ4n) is 9.30. The van der Waals surface area contributed by atoms with E-state index >= 15 is 0 Å². The summed E-state index contributed by atoms with van der Waals surface area (Å²) in [5.41, 5.74) is 17.7. The zero-order chi connectivity index (χ0) is 41.7. The highest BCUT2D eigenvalue weighted by molar-refractivity contribution is 6.10. The molecule has 0 amide bonds. The molecule has 0 aliphatic rings. The lowest BCUT2D eigenvalue weighted by molar-refractivity contribution is 0.669. The van der Waals surface area contributed by atoms with Crippen molar-refractivity contribution in [3.05, 3.63) is 243 Å². The van der Waals surface area contributed by atoms with E-state index in [1.165, 1.54) is 44.1 Å². The fourth-order valence-corrected chi connectivity index (χ4v) is 9.30. The smallest absolute Gasteiger partial charge is 0.135 e. The Hall–Kier alpha value is -8.40. The first-order valence-corrected chi connectivity index (χ1v) is 21.5. The third kappa shape index (κ3) is 6.55. The molecule has 0 saturated heterocycles. The minimum Gasteiger partial charge on any atom is -0.456 e. The summed E-state index contributed by atoms with van der Waals surface area (Å²) in [7, 11) is 0. The number of aromatic nitrogens is 1. The van der Waals surface area contributed by atoms with E-state index in [9.17, 15) is 0 Å². The van der Waals surface area contributed by atoms with Gasteiger partial charge in [0, 0.05) is 44.3 Å². The standard InChI is InChI=1S/C60H40N2O/c1-4-14-41(15-5-1)43-24-30-50(31-25-43)61(51-32-26-44(27-33-51)42-16-6-2-7-17-42)52-37-47(45-29-35-60-56(39-45)55-21-11-13-23-59(55)63-60)36-48(38-52)46-28-34-54-53-20-10-12-22-57(53)62(58(54)40-46)49-18-8-3-9-19-49/h1-40H. The van der Waals surface area contributed by atoms with Crippen LogP contribution in [-0.2, 0) is 0 Å². The molecule has 0 atom stereocenters. The average molecular weight is 805 g/mol. The van der Waals surface area contributed by atoms with Crippen LogP contribution in [0.5, 0.6) is 0 Å². The number of rotatable bonds is 8. The molecular formula is C60H40N2O. The lowest BCUT2D eigenvalue weighted by atomic mass is 9.95. The van der Waals surface area contributed by atoms with Crippen LogP contribution in [0.2, 0.25) is 0 Å². The molecule has 3 heteroatoms. The molecule has 3 nitrogen and oxygen atoms in total. The van der Waals surface area contributed by atoms with Crippen LogP contribution >= 0.6 is 0 Å². The molecule has 0 aliphatic heterocycles. The molecule has 12 aromatic rings. The van der Waals surface area contributed by atoms with E-state index in [-0.39, 0.29) is 0 Å². The van der Waals surface area contributed by atoms with Crippen molar-refractivity contribution in [2.75, 3.05) is 4.90 Å². The predicted octanol–water partition coefficient (Wildman–Crippen LogP) is 16.8. The summed E-state index contributed by atoms with van der Waals surface area (Å²) in [6.07, 6.45) is 0. The number of hydrogen-bond acceptors (Lipinski definition) is 2. The van der Waals surface area contributed by atoms with Gasteiger partial charge in [-0.25, -0.2) is 0 Å². The lowest BCUT2D eigenvalue weighted by Crippen LogP contribution is -2.10. The van der Waals surface area contributed by atoms with E-state index < -0.39 is 0 Å². The number of furan rings is 1. The predicted molar refractivity (Wildman–Crippen MR) is 264 cm³/mol. The van der Waals surface area contributed by atoms with Gasteiger partial charge in [-0.3, -0.25) is 0 Å². The average Bonchev–Trinajstić information content (AvgIpc) is 3.90. The van der Waals surface area contributed by atoms with Crippen molar-refractivity contribution in [3.63, 3.8) is 0 Å². The maximum absolute atomic E-state index is 6.30. The van der Waals surface area contributed by atoms with Crippen molar-refractivity contribution >= 4 is 60.8 Å². The van der Waals surface area contributed by atoms with Crippen molar-refractivity contribution in [1.29, 1.82) is 0 Å². The highest BCUT2D eigenvalue weighted by Crippen LogP contribution is 2.43. The normalized spacial score (nSPS) is 11.5. The third-order valence-corrected chi connectivity index (χ3v) is 12.4. The Morgan fingerprint density at radius 2 is 0.746 bits per heavy atom. The zero-order valence-electron chi connectivity index (χ0n) is 34.4. The Labute approximate surface area is 366 Å². The molecule has 0 bridgehead atoms. The Morgan fingerprint density at radius 3 is 1.40 bits per heavy atom. The summed E-state index contributed by atoms with van der Waals surface area (Å²) in [6, 6.07) is 87.4. The summed E-state index contributed by atoms with van der Waals surface area (Å²) >= 11 is 0. The molecule has 0 spiro atoms. The molecule has 10 aromatic carbocycles. The molecule has 0 N–H and O–H groups in total. The molecule has 0 aliphatic carbocycles. The van der Waals surface area contributed by atoms with Crippen LogP contribution < -0.4 is 4.90 Å². The first-order chi connectivity index (χ1) is 31.2. The number of para-hydroxylation sites is 3. The molecule has 0 unspecified atom stereocenters. The largest absolute Gasteiger partial charge is 0.456 e. The van der Waals surface area contributed by atoms with Gasteiger partial charge in [-0.15, -0.1) is 0 Å². The van der Waals surface area contributed by atoms with Gasteiger partial charge in [0.1, 0.15) is 11.2 Å². The van der Waals surface area contributed by atoms with Crippen LogP contribution in [0.4, 0.5) is 17.1 Å². The van der Waals surface area contributed by atoms with Gasteiger partial charge in [-0.05, 0) is 129 Å². The van der Waals surface area contributed by atoms with E-state index in [1.807, 2.05) is 12.1 Å². The van der Waals surface area contributed by atoms with Crippen molar-refractivity contribution < 1.29 is 4.42 Å². The lowest BCUT2D eigenvalue weighted by Gasteiger charge is -2.27. The number of nitrogens with zero attached hydrogens (tertiary/aromatic N) is 2. The maximum Gasteiger partial charge on any atom is 0.135 e. The van der Waals surface area contributed by atoms with Crippen molar-refractivity contribution in [1.82, 2.24) is 4.57 Å². The van der Waals surface area contributed by atoms with E-state index in [2.05, 4.69) is 240 Å². The van der Waals surface area contributed by atoms with E-state index in [4.69, 9.17) is 4.42 Å². The SMILES string of the molecule is c1ccc(-c2ccc(N(c3ccc(-c4ccccc4)cc3)c3cc(-c4ccc5oc6ccccc6c5c4)cc(-c4ccc5c6ccccc6n(-c6ccccc6)c5c4)c3)cc2)cc1. The van der Waals surface area contributed by atoms with Gasteiger partial charge in [0.25, 0.3) is 0 Å². The molecule has 2 aromatic heterocycles. The Balaban J connectivity index is 1.08. The van der Waals surface area contributed by atoms with Gasteiger partial charge in [0.05, 0.1) is 11.0 Å². The van der Waals surface area contributed by atoms with Crippen molar-refractivity contribution in [2.24, 2.45) is 0 Å². The molecule has 0 radical (unpaired) electrons. The minimum atomic E-state index is 0.883. The van der Waals surface area contributed by atoms with Crippen molar-refractivity contribution in [3.8, 4) is 50.2 Å². The van der Waals surface area contributed by atoms with Crippen LogP contribution in [-0.4, -0.2) is 4.57 Å². The second kappa shape index (κ2) is 15.3. The van der Waals surface area contributed by atoms with E-state index in [0.717, 1.165) is 66.9 Å². The third-order valence-electron chi connectivity index (χ3n) is 12.4. The minimum absolute atomic E-state index is 0.883. The zero-order valence-corrected chi connectivity index (χ0v) is 34.4. The first-order valence-electron chi connectivity index (χ1n) is 21.5. The topological polar surface area (TPSA) is 21.3 Å². The summed E-state index contributed by atoms with van der Waals surface area (Å²) in [6.45, 7) is 0. The summed E-state index contributed by atoms with van der Waals surface area (Å²) < 4.78 is 8.69. The van der Waals surface area contributed by atoms with Crippen LogP contribution in [0.15, 0.2) is 247 Å². The van der Waals surface area contributed by atoms with Crippen LogP contribution in [0.1, 0.15) is 0 Å². The van der Waals surface area contributed by atoms with Gasteiger partial charge in [0.15, 0.2) is 0 Å². The van der Waals surface area contributed by atoms with Gasteiger partial charge in [-0.1, -0.05) is 158 Å². The van der Waals surface area contributed by atoms with E-state index in [1.54, 1.807) is 0 Å². The summed E-state index contributed by atoms with van der Waals surface area (Å²) in [4.78, 5) is 2.39. The number of benzene rings is 10. The molecule has 12 rings (SSSR count). The van der Waals surface area contributed by atoms with Crippen LogP contribution in [0.3, 0.4) is 0 Å². The Bertz CT molecular complexity index is 3500. The molecular weight excluding hydrogens is 765 g/mol. The Morgan fingerprint density at radius 1 is 0.270 bits per heavy atom. The van der Waals surface area contributed by atoms with Crippen LogP contribution in [0, 0.1) is 0 Å². The second-order valence-corrected chi connectivity index (χ2v) is 16.2. The number of fused-ring (bicyclic) bond motifs is 6. The highest BCUT2D eigenvalue weighted by atomic mass is 16.3. The Kier molecular flexibility index (Phi) is 8.83. The number of hydrogen-bond donors (Lipinski definition) is 0. The highest BCUT2D eigenvalue weighted by Gasteiger charge is 2.19. The van der Waals surface area contributed by atoms with Gasteiger partial charge in [0.2, 0.25) is 0 Å². The summed E-state index contributed by atoms with van der Waals surface area (Å²) in [5, 5.41) is 4.69. The van der Waals surface area contributed by atoms with Gasteiger partial charge >= 0.3 is 0 Å². The van der Waals surface area contributed by atoms with Crippen molar-refractivity contribution in [2.45, 2.75) is 0 Å². The van der Waals surface area contributed by atoms with Gasteiger partial charge < -0.3 is 13.9 Å². The molecule has 0 saturated carbocycles. The molecule has 2 heterocycles. The molecule has 63 heavy (non-hydrogen) atoms. The number of anilines is 3. The maximum atomic E-state index is 6.30. The van der Waals surface area contributed by atoms with Gasteiger partial charge in [-0.2, -0.15) is 0 Å². The quantitative estimate of drug-likeness (QED) is 0.153. The second-order valence-electron chi connectivity index (χ2n) is 16.2. The van der Waals surface area contributed by atoms with Crippen LogP contribution in [0.25, 0.3) is 93.9 Å². The molecule has 0 fully saturated rings. The molecule has 296 valence electrons. The summed E-state index contributed by atoms with van der Waals surface area (Å²) in [5.74, 6) is 0. The first kappa shape index (κ1) is 36.5. The monoisotopic (exact) mass is 804 g/mol. The van der Waals surface area contributed by atoms with E-state index in [0.29, 0.717) is 0 Å². The fraction of sp³-hybridized carbons (Fsp3) is 0.